The molecule has 0 radical (unpaired) electrons. The van der Waals surface area contributed by atoms with Crippen molar-refractivity contribution in [2.24, 2.45) is 5.92 Å². The third kappa shape index (κ3) is 4.00. The lowest BCUT2D eigenvalue weighted by Crippen LogP contribution is -2.19. The lowest BCUT2D eigenvalue weighted by atomic mass is 10.2. The predicted octanol–water partition coefficient (Wildman–Crippen LogP) is 2.68. The highest BCUT2D eigenvalue weighted by Crippen LogP contribution is 2.03. The first kappa shape index (κ1) is 12.8. The van der Waals surface area contributed by atoms with Gasteiger partial charge in [-0.25, -0.2) is 0 Å². The highest BCUT2D eigenvalue weighted by atomic mass is 15.3. The average molecular weight is 243 g/mol. The number of rotatable bonds is 6. The van der Waals surface area contributed by atoms with Gasteiger partial charge in [-0.3, -0.25) is 4.68 Å². The van der Waals surface area contributed by atoms with E-state index in [2.05, 4.69) is 54.6 Å². The van der Waals surface area contributed by atoms with Crippen molar-refractivity contribution >= 4 is 0 Å². The number of nitrogens with one attached hydrogen (secondary N) is 1. The first-order valence-electron chi connectivity index (χ1n) is 6.51. The number of benzene rings is 1. The molecular formula is C15H21N3. The molecule has 0 aliphatic heterocycles. The minimum absolute atomic E-state index is 0.677. The van der Waals surface area contributed by atoms with E-state index in [-0.39, 0.29) is 0 Å². The SMILES string of the molecule is CC(C)CNCc1ccn(Cc2ccccc2)n1. The second kappa shape index (κ2) is 6.36. The van der Waals surface area contributed by atoms with Gasteiger partial charge < -0.3 is 5.32 Å². The maximum absolute atomic E-state index is 4.56. The van der Waals surface area contributed by atoms with E-state index in [1.807, 2.05) is 16.9 Å². The van der Waals surface area contributed by atoms with Gasteiger partial charge in [0.25, 0.3) is 0 Å². The molecule has 0 saturated carbocycles. The first-order valence-corrected chi connectivity index (χ1v) is 6.51. The van der Waals surface area contributed by atoms with E-state index in [4.69, 9.17) is 0 Å². The lowest BCUT2D eigenvalue weighted by Gasteiger charge is -2.05. The van der Waals surface area contributed by atoms with Crippen LogP contribution in [0.15, 0.2) is 42.6 Å². The second-order valence-electron chi connectivity index (χ2n) is 5.02. The zero-order valence-corrected chi connectivity index (χ0v) is 11.1. The minimum Gasteiger partial charge on any atom is -0.311 e. The van der Waals surface area contributed by atoms with Gasteiger partial charge in [0, 0.05) is 12.7 Å². The summed E-state index contributed by atoms with van der Waals surface area (Å²) in [5.41, 5.74) is 2.38. The Bertz CT molecular complexity index is 460. The van der Waals surface area contributed by atoms with Crippen LogP contribution in [-0.2, 0) is 13.1 Å². The fraction of sp³-hybridized carbons (Fsp3) is 0.400. The maximum atomic E-state index is 4.56. The van der Waals surface area contributed by atoms with Crippen molar-refractivity contribution in [2.45, 2.75) is 26.9 Å². The fourth-order valence-electron chi connectivity index (χ4n) is 1.85. The molecule has 1 aromatic carbocycles. The van der Waals surface area contributed by atoms with Crippen LogP contribution in [0.25, 0.3) is 0 Å². The molecule has 3 nitrogen and oxygen atoms in total. The van der Waals surface area contributed by atoms with Gasteiger partial charge in [0.15, 0.2) is 0 Å². The normalized spacial score (nSPS) is 11.1. The Morgan fingerprint density at radius 2 is 1.94 bits per heavy atom. The van der Waals surface area contributed by atoms with E-state index >= 15 is 0 Å². The second-order valence-corrected chi connectivity index (χ2v) is 5.02. The molecule has 0 bridgehead atoms. The molecular weight excluding hydrogens is 222 g/mol. The van der Waals surface area contributed by atoms with Crippen LogP contribution in [0.5, 0.6) is 0 Å². The molecule has 2 aromatic rings. The van der Waals surface area contributed by atoms with Crippen LogP contribution in [-0.4, -0.2) is 16.3 Å². The van der Waals surface area contributed by atoms with Crippen molar-refractivity contribution in [1.82, 2.24) is 15.1 Å². The Hall–Kier alpha value is -1.61. The molecule has 0 unspecified atom stereocenters. The summed E-state index contributed by atoms with van der Waals surface area (Å²) in [7, 11) is 0. The zero-order valence-electron chi connectivity index (χ0n) is 11.1. The largest absolute Gasteiger partial charge is 0.311 e. The van der Waals surface area contributed by atoms with Crippen molar-refractivity contribution in [2.75, 3.05) is 6.54 Å². The van der Waals surface area contributed by atoms with Gasteiger partial charge in [-0.15, -0.1) is 0 Å². The van der Waals surface area contributed by atoms with Crippen molar-refractivity contribution in [3.63, 3.8) is 0 Å². The molecule has 0 saturated heterocycles. The Balaban J connectivity index is 1.86. The molecule has 2 rings (SSSR count). The summed E-state index contributed by atoms with van der Waals surface area (Å²) < 4.78 is 1.99. The highest BCUT2D eigenvalue weighted by molar-refractivity contribution is 5.15. The molecule has 0 fully saturated rings. The Kier molecular flexibility index (Phi) is 4.53. The van der Waals surface area contributed by atoms with Crippen LogP contribution in [0, 0.1) is 5.92 Å². The molecule has 0 aliphatic carbocycles. The molecule has 0 aliphatic rings. The van der Waals surface area contributed by atoms with Crippen molar-refractivity contribution < 1.29 is 0 Å². The summed E-state index contributed by atoms with van der Waals surface area (Å²) in [6.45, 7) is 7.14. The van der Waals surface area contributed by atoms with E-state index in [0.717, 1.165) is 25.3 Å². The maximum Gasteiger partial charge on any atom is 0.0762 e. The van der Waals surface area contributed by atoms with Gasteiger partial charge in [0.05, 0.1) is 12.2 Å². The van der Waals surface area contributed by atoms with Gasteiger partial charge in [0.2, 0.25) is 0 Å². The Morgan fingerprint density at radius 1 is 1.17 bits per heavy atom. The first-order chi connectivity index (χ1) is 8.74. The number of hydrogen-bond acceptors (Lipinski definition) is 2. The zero-order chi connectivity index (χ0) is 12.8. The molecule has 18 heavy (non-hydrogen) atoms. The monoisotopic (exact) mass is 243 g/mol. The van der Waals surface area contributed by atoms with Crippen LogP contribution in [0.1, 0.15) is 25.1 Å². The Morgan fingerprint density at radius 3 is 2.67 bits per heavy atom. The van der Waals surface area contributed by atoms with E-state index in [9.17, 15) is 0 Å². The molecule has 1 heterocycles. The van der Waals surface area contributed by atoms with Crippen LogP contribution in [0.4, 0.5) is 0 Å². The predicted molar refractivity (Wildman–Crippen MR) is 74.3 cm³/mol. The van der Waals surface area contributed by atoms with Gasteiger partial charge in [-0.05, 0) is 24.1 Å². The minimum atomic E-state index is 0.677. The van der Waals surface area contributed by atoms with E-state index in [1.54, 1.807) is 0 Å². The molecule has 1 aromatic heterocycles. The van der Waals surface area contributed by atoms with Crippen molar-refractivity contribution in [3.8, 4) is 0 Å². The van der Waals surface area contributed by atoms with Crippen LogP contribution in [0.3, 0.4) is 0 Å². The smallest absolute Gasteiger partial charge is 0.0762 e. The molecule has 0 atom stereocenters. The topological polar surface area (TPSA) is 29.9 Å². The van der Waals surface area contributed by atoms with E-state index < -0.39 is 0 Å². The summed E-state index contributed by atoms with van der Waals surface area (Å²) in [5, 5.41) is 7.96. The van der Waals surface area contributed by atoms with Crippen molar-refractivity contribution in [1.29, 1.82) is 0 Å². The number of hydrogen-bond donors (Lipinski definition) is 1. The molecule has 96 valence electrons. The van der Waals surface area contributed by atoms with Crippen LogP contribution < -0.4 is 5.32 Å². The lowest BCUT2D eigenvalue weighted by molar-refractivity contribution is 0.543. The highest BCUT2D eigenvalue weighted by Gasteiger charge is 2.00. The van der Waals surface area contributed by atoms with E-state index in [0.29, 0.717) is 5.92 Å². The number of aromatic nitrogens is 2. The summed E-state index contributed by atoms with van der Waals surface area (Å²) in [6.07, 6.45) is 2.04. The molecule has 3 heteroatoms. The molecule has 1 N–H and O–H groups in total. The summed E-state index contributed by atoms with van der Waals surface area (Å²) in [6, 6.07) is 12.5. The molecule has 0 spiro atoms. The third-order valence-electron chi connectivity index (χ3n) is 2.74. The van der Waals surface area contributed by atoms with Crippen LogP contribution in [0.2, 0.25) is 0 Å². The van der Waals surface area contributed by atoms with E-state index in [1.165, 1.54) is 5.56 Å². The van der Waals surface area contributed by atoms with Crippen molar-refractivity contribution in [3.05, 3.63) is 53.9 Å². The standard InChI is InChI=1S/C15H21N3/c1-13(2)10-16-11-15-8-9-18(17-15)12-14-6-4-3-5-7-14/h3-9,13,16H,10-12H2,1-2H3. The van der Waals surface area contributed by atoms with Gasteiger partial charge in [-0.2, -0.15) is 5.10 Å². The fourth-order valence-corrected chi connectivity index (χ4v) is 1.85. The van der Waals surface area contributed by atoms with Crippen LogP contribution >= 0.6 is 0 Å². The third-order valence-corrected chi connectivity index (χ3v) is 2.74. The number of nitrogens with zero attached hydrogens (tertiary/aromatic N) is 2. The summed E-state index contributed by atoms with van der Waals surface area (Å²) >= 11 is 0. The quantitative estimate of drug-likeness (QED) is 0.845. The van der Waals surface area contributed by atoms with Gasteiger partial charge in [0.1, 0.15) is 0 Å². The molecule has 0 amide bonds. The van der Waals surface area contributed by atoms with Gasteiger partial charge in [-0.1, -0.05) is 44.2 Å². The Labute approximate surface area is 109 Å². The average Bonchev–Trinajstić information content (AvgIpc) is 2.78. The summed E-state index contributed by atoms with van der Waals surface area (Å²) in [4.78, 5) is 0. The van der Waals surface area contributed by atoms with Gasteiger partial charge >= 0.3 is 0 Å². The summed E-state index contributed by atoms with van der Waals surface area (Å²) in [5.74, 6) is 0.677.